The molecule has 1 fully saturated rings. The van der Waals surface area contributed by atoms with E-state index in [-0.39, 0.29) is 10.2 Å². The summed E-state index contributed by atoms with van der Waals surface area (Å²) in [5, 5.41) is 11.6. The monoisotopic (exact) mass is 390 g/mol. The van der Waals surface area contributed by atoms with Crippen LogP contribution in [-0.4, -0.2) is 33.7 Å². The molecule has 0 bridgehead atoms. The Morgan fingerprint density at radius 2 is 2.08 bits per heavy atom. The summed E-state index contributed by atoms with van der Waals surface area (Å²) in [6, 6.07) is 6.15. The first-order chi connectivity index (χ1) is 12.4. The van der Waals surface area contributed by atoms with E-state index in [1.165, 1.54) is 0 Å². The number of carbonyl (C=O) groups is 2. The molecule has 1 heterocycles. The van der Waals surface area contributed by atoms with Crippen molar-refractivity contribution < 1.29 is 19.4 Å². The molecule has 7 heteroatoms. The lowest BCUT2D eigenvalue weighted by Crippen LogP contribution is -2.53. The molecular formula is C19H20NO4S2-. The predicted molar refractivity (Wildman–Crippen MR) is 105 cm³/mol. The first-order valence-corrected chi connectivity index (χ1v) is 9.43. The maximum Gasteiger partial charge on any atom is 0.266 e. The second-order valence-electron chi connectivity index (χ2n) is 5.87. The molecule has 1 aliphatic rings. The van der Waals surface area contributed by atoms with E-state index in [0.29, 0.717) is 23.7 Å². The van der Waals surface area contributed by atoms with Gasteiger partial charge in [-0.3, -0.25) is 9.69 Å². The van der Waals surface area contributed by atoms with Crippen molar-refractivity contribution in [2.75, 3.05) is 6.61 Å². The molecule has 0 radical (unpaired) electrons. The zero-order chi connectivity index (χ0) is 19.3. The lowest BCUT2D eigenvalue weighted by molar-refractivity contribution is -0.311. The van der Waals surface area contributed by atoms with Gasteiger partial charge in [0.15, 0.2) is 0 Å². The normalized spacial score (nSPS) is 18.1. The van der Waals surface area contributed by atoms with Gasteiger partial charge in [0.25, 0.3) is 5.91 Å². The van der Waals surface area contributed by atoms with Crippen molar-refractivity contribution in [1.29, 1.82) is 0 Å². The fraction of sp³-hybridized carbons (Fsp3) is 0.316. The Bertz CT molecular complexity index is 742. The second kappa shape index (κ2) is 9.00. The molecule has 2 rings (SSSR count). The Morgan fingerprint density at radius 1 is 1.42 bits per heavy atom. The number of aliphatic carboxylic acids is 1. The van der Waals surface area contributed by atoms with Crippen molar-refractivity contribution in [3.05, 3.63) is 47.4 Å². The maximum atomic E-state index is 12.7. The Morgan fingerprint density at radius 3 is 2.62 bits per heavy atom. The highest BCUT2D eigenvalue weighted by Crippen LogP contribution is 2.35. The number of rotatable bonds is 8. The number of benzene rings is 1. The molecule has 1 aliphatic heterocycles. The average Bonchev–Trinajstić information content (AvgIpc) is 2.88. The first-order valence-electron chi connectivity index (χ1n) is 8.20. The fourth-order valence-corrected chi connectivity index (χ4v) is 3.83. The van der Waals surface area contributed by atoms with E-state index < -0.39 is 17.9 Å². The highest BCUT2D eigenvalue weighted by Gasteiger charge is 2.39. The van der Waals surface area contributed by atoms with Gasteiger partial charge in [-0.1, -0.05) is 69.0 Å². The molecule has 5 nitrogen and oxygen atoms in total. The molecule has 0 unspecified atom stereocenters. The summed E-state index contributed by atoms with van der Waals surface area (Å²) in [5.41, 5.74) is 0.796. The largest absolute Gasteiger partial charge is 0.548 e. The van der Waals surface area contributed by atoms with E-state index in [1.54, 1.807) is 31.2 Å². The Balaban J connectivity index is 2.23. The zero-order valence-corrected chi connectivity index (χ0v) is 16.3. The number of carboxylic acid groups (broad SMARTS) is 1. The Labute approximate surface area is 162 Å². The number of ether oxygens (including phenoxy) is 1. The topological polar surface area (TPSA) is 69.7 Å². The zero-order valence-electron chi connectivity index (χ0n) is 14.6. The average molecular weight is 391 g/mol. The van der Waals surface area contributed by atoms with Crippen LogP contribution in [0.1, 0.15) is 25.8 Å². The number of hydrogen-bond acceptors (Lipinski definition) is 6. The SMILES string of the molecule is C=CCOc1ccc(/C=C2\SC(=S)N([C@H](C(=O)[O-])[C@H](C)CC)C2=O)cc1. The molecule has 138 valence electrons. The van der Waals surface area contributed by atoms with Crippen molar-refractivity contribution in [3.63, 3.8) is 0 Å². The van der Waals surface area contributed by atoms with Gasteiger partial charge in [-0.05, 0) is 29.7 Å². The molecule has 1 saturated heterocycles. The summed E-state index contributed by atoms with van der Waals surface area (Å²) >= 11 is 6.35. The van der Waals surface area contributed by atoms with E-state index in [4.69, 9.17) is 17.0 Å². The van der Waals surface area contributed by atoms with Gasteiger partial charge in [0, 0.05) is 0 Å². The molecule has 0 spiro atoms. The molecule has 0 saturated carbocycles. The third-order valence-corrected chi connectivity index (χ3v) is 5.40. The first kappa shape index (κ1) is 20.2. The minimum Gasteiger partial charge on any atom is -0.548 e. The lowest BCUT2D eigenvalue weighted by atomic mass is 9.98. The molecule has 1 aromatic carbocycles. The van der Waals surface area contributed by atoms with Gasteiger partial charge in [-0.25, -0.2) is 0 Å². The highest BCUT2D eigenvalue weighted by molar-refractivity contribution is 8.26. The van der Waals surface area contributed by atoms with Crippen LogP contribution in [0.5, 0.6) is 5.75 Å². The van der Waals surface area contributed by atoms with Crippen LogP contribution in [0.25, 0.3) is 6.08 Å². The van der Waals surface area contributed by atoms with Crippen LogP contribution < -0.4 is 9.84 Å². The number of carboxylic acids is 1. The van der Waals surface area contributed by atoms with Gasteiger partial charge in [0.05, 0.1) is 16.9 Å². The molecule has 1 aromatic rings. The lowest BCUT2D eigenvalue weighted by Gasteiger charge is -2.32. The highest BCUT2D eigenvalue weighted by atomic mass is 32.2. The van der Waals surface area contributed by atoms with Crippen molar-refractivity contribution in [1.82, 2.24) is 4.90 Å². The Kier molecular flexibility index (Phi) is 6.99. The quantitative estimate of drug-likeness (QED) is 0.386. The van der Waals surface area contributed by atoms with Gasteiger partial charge in [0.1, 0.15) is 16.7 Å². The van der Waals surface area contributed by atoms with Crippen LogP contribution in [0, 0.1) is 5.92 Å². The van der Waals surface area contributed by atoms with Gasteiger partial charge >= 0.3 is 0 Å². The summed E-state index contributed by atoms with van der Waals surface area (Å²) < 4.78 is 5.66. The molecule has 1 amide bonds. The van der Waals surface area contributed by atoms with Gasteiger partial charge < -0.3 is 14.6 Å². The Hall–Kier alpha value is -2.12. The molecule has 0 aromatic heterocycles. The summed E-state index contributed by atoms with van der Waals surface area (Å²) in [6.07, 6.45) is 3.95. The molecule has 2 atom stereocenters. The minimum absolute atomic E-state index is 0.238. The van der Waals surface area contributed by atoms with E-state index >= 15 is 0 Å². The number of thioether (sulfide) groups is 1. The fourth-order valence-electron chi connectivity index (χ4n) is 2.50. The number of thiocarbonyl (C=S) groups is 1. The van der Waals surface area contributed by atoms with Crippen LogP contribution in [-0.2, 0) is 9.59 Å². The third-order valence-electron chi connectivity index (χ3n) is 4.07. The van der Waals surface area contributed by atoms with Gasteiger partial charge in [0.2, 0.25) is 0 Å². The van der Waals surface area contributed by atoms with Crippen molar-refractivity contribution in [3.8, 4) is 5.75 Å². The van der Waals surface area contributed by atoms with Crippen LogP contribution in [0.3, 0.4) is 0 Å². The van der Waals surface area contributed by atoms with Crippen molar-refractivity contribution in [2.45, 2.75) is 26.3 Å². The van der Waals surface area contributed by atoms with Crippen molar-refractivity contribution in [2.24, 2.45) is 5.92 Å². The number of amides is 1. The second-order valence-corrected chi connectivity index (χ2v) is 7.55. The number of nitrogens with zero attached hydrogens (tertiary/aromatic N) is 1. The van der Waals surface area contributed by atoms with Crippen LogP contribution in [0.2, 0.25) is 0 Å². The van der Waals surface area contributed by atoms with E-state index in [0.717, 1.165) is 22.2 Å². The predicted octanol–water partition coefficient (Wildman–Crippen LogP) is 2.62. The van der Waals surface area contributed by atoms with E-state index in [2.05, 4.69) is 6.58 Å². The summed E-state index contributed by atoms with van der Waals surface area (Å²) in [4.78, 5) is 25.8. The molecule has 26 heavy (non-hydrogen) atoms. The molecular weight excluding hydrogens is 370 g/mol. The molecule has 0 N–H and O–H groups in total. The molecule has 0 aliphatic carbocycles. The summed E-state index contributed by atoms with van der Waals surface area (Å²) in [5.74, 6) is -1.26. The van der Waals surface area contributed by atoms with Crippen LogP contribution in [0.4, 0.5) is 0 Å². The minimum atomic E-state index is -1.29. The van der Waals surface area contributed by atoms with E-state index in [1.807, 2.05) is 19.1 Å². The summed E-state index contributed by atoms with van der Waals surface area (Å²) in [7, 11) is 0. The summed E-state index contributed by atoms with van der Waals surface area (Å²) in [6.45, 7) is 7.64. The number of carbonyl (C=O) groups excluding carboxylic acids is 2. The van der Waals surface area contributed by atoms with Crippen LogP contribution >= 0.6 is 24.0 Å². The van der Waals surface area contributed by atoms with Crippen LogP contribution in [0.15, 0.2) is 41.8 Å². The number of hydrogen-bond donors (Lipinski definition) is 0. The third kappa shape index (κ3) is 4.53. The smallest absolute Gasteiger partial charge is 0.266 e. The van der Waals surface area contributed by atoms with E-state index in [9.17, 15) is 14.7 Å². The maximum absolute atomic E-state index is 12.7. The van der Waals surface area contributed by atoms with Gasteiger partial charge in [-0.2, -0.15) is 0 Å². The van der Waals surface area contributed by atoms with Gasteiger partial charge in [-0.15, -0.1) is 0 Å². The van der Waals surface area contributed by atoms with Crippen molar-refractivity contribution >= 4 is 46.3 Å². The standard InChI is InChI=1S/C19H21NO4S2/c1-4-10-24-14-8-6-13(7-9-14)11-15-17(21)20(19(25)26-15)16(18(22)23)12(3)5-2/h4,6-9,11-12,16H,1,5,10H2,2-3H3,(H,22,23)/p-1/b15-11-/t12-,16+/m1/s1.